The molecule has 0 N–H and O–H groups in total. The van der Waals surface area contributed by atoms with Crippen molar-refractivity contribution in [2.45, 2.75) is 32.4 Å². The molecule has 0 fully saturated rings. The molecule has 1 unspecified atom stereocenters. The maximum Gasteiger partial charge on any atom is 0.254 e. The van der Waals surface area contributed by atoms with Gasteiger partial charge in [-0.2, -0.15) is 0 Å². The molecule has 0 aliphatic heterocycles. The van der Waals surface area contributed by atoms with Crippen LogP contribution in [0.5, 0.6) is 0 Å². The highest BCUT2D eigenvalue weighted by molar-refractivity contribution is 9.10. The van der Waals surface area contributed by atoms with Gasteiger partial charge in [-0.1, -0.05) is 74.0 Å². The van der Waals surface area contributed by atoms with Crippen LogP contribution in [0.4, 0.5) is 0 Å². The molecule has 160 valence electrons. The molecule has 2 aromatic carbocycles. The monoisotopic (exact) mass is 480 g/mol. The van der Waals surface area contributed by atoms with Gasteiger partial charge in [-0.3, -0.25) is 19.0 Å². The fourth-order valence-electron chi connectivity index (χ4n) is 3.39. The van der Waals surface area contributed by atoms with Crippen LogP contribution in [0.3, 0.4) is 0 Å². The molecule has 0 spiro atoms. The van der Waals surface area contributed by atoms with E-state index in [1.54, 1.807) is 35.2 Å². The van der Waals surface area contributed by atoms with Gasteiger partial charge in [-0.25, -0.2) is 0 Å². The topological polar surface area (TPSA) is 59.4 Å². The average Bonchev–Trinajstić information content (AvgIpc) is 2.80. The Labute approximate surface area is 190 Å². The number of unbranched alkanes of at least 4 members (excludes halogenated alkanes) is 1. The highest BCUT2D eigenvalue weighted by Gasteiger charge is 2.33. The average molecular weight is 481 g/mol. The largest absolute Gasteiger partial charge is 0.336 e. The number of pyridine rings is 1. The van der Waals surface area contributed by atoms with Crippen LogP contribution in [0.1, 0.15) is 41.7 Å². The van der Waals surface area contributed by atoms with E-state index >= 15 is 0 Å². The molecule has 1 atom stereocenters. The van der Waals surface area contributed by atoms with Gasteiger partial charge in [0, 0.05) is 35.4 Å². The number of hydrogen-bond acceptors (Lipinski definition) is 3. The van der Waals surface area contributed by atoms with Crippen molar-refractivity contribution in [3.63, 3.8) is 0 Å². The molecular weight excluding hydrogens is 456 g/mol. The van der Waals surface area contributed by atoms with Crippen molar-refractivity contribution in [3.8, 4) is 0 Å². The van der Waals surface area contributed by atoms with Gasteiger partial charge in [0.1, 0.15) is 0 Å². The summed E-state index contributed by atoms with van der Waals surface area (Å²) in [7, 11) is 0. The summed E-state index contributed by atoms with van der Waals surface area (Å²) in [6, 6.07) is 20.0. The molecule has 0 aliphatic carbocycles. The lowest BCUT2D eigenvalue weighted by Crippen LogP contribution is -2.43. The number of Topliss-reactive ketones (excluding diaryl/α,β-unsaturated/α-hetero) is 1. The summed E-state index contributed by atoms with van der Waals surface area (Å²) >= 11 is 3.36. The lowest BCUT2D eigenvalue weighted by molar-refractivity contribution is -0.134. The summed E-state index contributed by atoms with van der Waals surface area (Å²) in [4.78, 5) is 41.6. The standard InChI is InChI=1S/C25H25BrN2O3/c1-2-3-16-27(17-19-10-6-4-7-11-19)25(31)23(24(30)20-12-8-5-9-13-20)28-18-21(26)14-15-22(28)29/h4-15,18,23H,2-3,16-17H2,1H3. The Balaban J connectivity index is 2.05. The van der Waals surface area contributed by atoms with Crippen LogP contribution >= 0.6 is 15.9 Å². The van der Waals surface area contributed by atoms with Crippen molar-refractivity contribution in [2.75, 3.05) is 6.54 Å². The van der Waals surface area contributed by atoms with Crippen molar-refractivity contribution < 1.29 is 9.59 Å². The molecule has 0 radical (unpaired) electrons. The molecule has 1 aromatic heterocycles. The number of carbonyl (C=O) groups excluding carboxylic acids is 2. The fourth-order valence-corrected chi connectivity index (χ4v) is 3.74. The minimum atomic E-state index is -1.27. The van der Waals surface area contributed by atoms with Gasteiger partial charge in [0.15, 0.2) is 11.8 Å². The zero-order chi connectivity index (χ0) is 22.2. The summed E-state index contributed by atoms with van der Waals surface area (Å²) in [5.41, 5.74) is 0.961. The predicted octanol–water partition coefficient (Wildman–Crippen LogP) is 4.86. The first-order chi connectivity index (χ1) is 15.0. The summed E-state index contributed by atoms with van der Waals surface area (Å²) in [6.07, 6.45) is 3.22. The van der Waals surface area contributed by atoms with Crippen molar-refractivity contribution in [1.29, 1.82) is 0 Å². The van der Waals surface area contributed by atoms with Crippen LogP contribution < -0.4 is 5.56 Å². The molecule has 0 saturated heterocycles. The molecular formula is C25H25BrN2O3. The molecule has 6 heteroatoms. The number of carbonyl (C=O) groups is 2. The highest BCUT2D eigenvalue weighted by Crippen LogP contribution is 2.20. The number of nitrogens with zero attached hydrogens (tertiary/aromatic N) is 2. The predicted molar refractivity (Wildman–Crippen MR) is 125 cm³/mol. The normalized spacial score (nSPS) is 11.7. The third-order valence-electron chi connectivity index (χ3n) is 5.03. The first kappa shape index (κ1) is 22.7. The quantitative estimate of drug-likeness (QED) is 0.324. The third kappa shape index (κ3) is 5.79. The van der Waals surface area contributed by atoms with E-state index in [4.69, 9.17) is 0 Å². The van der Waals surface area contributed by atoms with Gasteiger partial charge >= 0.3 is 0 Å². The van der Waals surface area contributed by atoms with Gasteiger partial charge in [0.05, 0.1) is 0 Å². The zero-order valence-corrected chi connectivity index (χ0v) is 19.0. The smallest absolute Gasteiger partial charge is 0.254 e. The van der Waals surface area contributed by atoms with Gasteiger partial charge in [-0.15, -0.1) is 0 Å². The summed E-state index contributed by atoms with van der Waals surface area (Å²) in [6.45, 7) is 2.93. The van der Waals surface area contributed by atoms with Gasteiger partial charge in [0.2, 0.25) is 0 Å². The maximum absolute atomic E-state index is 13.8. The van der Waals surface area contributed by atoms with E-state index in [0.29, 0.717) is 23.1 Å². The van der Waals surface area contributed by atoms with Crippen molar-refractivity contribution in [2.24, 2.45) is 0 Å². The summed E-state index contributed by atoms with van der Waals surface area (Å²) in [5.74, 6) is -0.785. The number of hydrogen-bond donors (Lipinski definition) is 0. The Kier molecular flexibility index (Phi) is 7.95. The van der Waals surface area contributed by atoms with E-state index in [0.717, 1.165) is 18.4 Å². The lowest BCUT2D eigenvalue weighted by Gasteiger charge is -2.28. The van der Waals surface area contributed by atoms with Crippen LogP contribution in [-0.4, -0.2) is 27.7 Å². The third-order valence-corrected chi connectivity index (χ3v) is 5.50. The Morgan fingerprint density at radius 1 is 0.968 bits per heavy atom. The number of aromatic nitrogens is 1. The van der Waals surface area contributed by atoms with E-state index in [2.05, 4.69) is 22.9 Å². The molecule has 31 heavy (non-hydrogen) atoms. The molecule has 5 nitrogen and oxygen atoms in total. The molecule has 0 bridgehead atoms. The van der Waals surface area contributed by atoms with Crippen molar-refractivity contribution in [3.05, 3.63) is 105 Å². The van der Waals surface area contributed by atoms with E-state index < -0.39 is 17.4 Å². The molecule has 3 aromatic rings. The second-order valence-electron chi connectivity index (χ2n) is 7.32. The Morgan fingerprint density at radius 2 is 1.61 bits per heavy atom. The second kappa shape index (κ2) is 10.9. The minimum Gasteiger partial charge on any atom is -0.336 e. The van der Waals surface area contributed by atoms with Crippen LogP contribution in [0.2, 0.25) is 0 Å². The van der Waals surface area contributed by atoms with Crippen LogP contribution in [0, 0.1) is 0 Å². The number of amides is 1. The SMILES string of the molecule is CCCCN(Cc1ccccc1)C(=O)C(C(=O)c1ccccc1)n1cc(Br)ccc1=O. The first-order valence-corrected chi connectivity index (χ1v) is 11.1. The Bertz CT molecular complexity index is 1080. The zero-order valence-electron chi connectivity index (χ0n) is 17.4. The van der Waals surface area contributed by atoms with Crippen molar-refractivity contribution >= 4 is 27.6 Å². The highest BCUT2D eigenvalue weighted by atomic mass is 79.9. The number of rotatable bonds is 9. The van der Waals surface area contributed by atoms with Gasteiger partial charge in [0.25, 0.3) is 11.5 Å². The van der Waals surface area contributed by atoms with Crippen LogP contribution in [-0.2, 0) is 11.3 Å². The lowest BCUT2D eigenvalue weighted by atomic mass is 10.0. The molecule has 0 aliphatic rings. The Morgan fingerprint density at radius 3 is 2.26 bits per heavy atom. The molecule has 3 rings (SSSR count). The van der Waals surface area contributed by atoms with Crippen LogP contribution in [0.25, 0.3) is 0 Å². The van der Waals surface area contributed by atoms with E-state index in [1.165, 1.54) is 16.8 Å². The molecule has 1 amide bonds. The van der Waals surface area contributed by atoms with E-state index in [1.807, 2.05) is 36.4 Å². The molecule has 1 heterocycles. The van der Waals surface area contributed by atoms with Crippen LogP contribution in [0.15, 0.2) is 88.3 Å². The second-order valence-corrected chi connectivity index (χ2v) is 8.24. The first-order valence-electron chi connectivity index (χ1n) is 10.3. The minimum absolute atomic E-state index is 0.376. The van der Waals surface area contributed by atoms with Gasteiger partial charge < -0.3 is 4.90 Å². The number of ketones is 1. The van der Waals surface area contributed by atoms with E-state index in [9.17, 15) is 14.4 Å². The maximum atomic E-state index is 13.8. The Hall–Kier alpha value is -2.99. The molecule has 0 saturated carbocycles. The van der Waals surface area contributed by atoms with Crippen molar-refractivity contribution in [1.82, 2.24) is 9.47 Å². The summed E-state index contributed by atoms with van der Waals surface area (Å²) in [5, 5.41) is 0. The number of benzene rings is 2. The number of halogens is 1. The van der Waals surface area contributed by atoms with Gasteiger partial charge in [-0.05, 0) is 34.0 Å². The summed E-state index contributed by atoms with van der Waals surface area (Å²) < 4.78 is 1.85. The fraction of sp³-hybridized carbons (Fsp3) is 0.240. The van der Waals surface area contributed by atoms with E-state index in [-0.39, 0.29) is 5.91 Å².